The molecule has 1 fully saturated rings. The van der Waals surface area contributed by atoms with E-state index in [9.17, 15) is 64.9 Å². The zero-order valence-electron chi connectivity index (χ0n) is 46.2. The first-order chi connectivity index (χ1) is 38.0. The normalized spacial score (nSPS) is 16.6. The number of nitrogens with zero attached hydrogens (tertiary/aromatic N) is 4. The number of sulfone groups is 1. The molecule has 6 rings (SSSR count). The number of carbonyl (C=O) groups excluding carboxylic acids is 8. The molecule has 7 atom stereocenters. The van der Waals surface area contributed by atoms with Gasteiger partial charge in [-0.1, -0.05) is 63.2 Å². The molecule has 438 valence electrons. The maximum absolute atomic E-state index is 13.7. The number of nitrogen functional groups attached to an aromatic ring is 1. The van der Waals surface area contributed by atoms with Crippen LogP contribution in [0.2, 0.25) is 0 Å². The summed E-state index contributed by atoms with van der Waals surface area (Å²) in [5, 5.41) is 32.5. The van der Waals surface area contributed by atoms with Gasteiger partial charge in [0.05, 0.1) is 68.6 Å². The van der Waals surface area contributed by atoms with E-state index in [1.54, 1.807) is 40.7 Å². The summed E-state index contributed by atoms with van der Waals surface area (Å²) in [5.74, 6) is -6.34. The van der Waals surface area contributed by atoms with E-state index in [0.717, 1.165) is 6.07 Å². The summed E-state index contributed by atoms with van der Waals surface area (Å²) in [6, 6.07) is 7.68. The maximum atomic E-state index is 13.7. The number of nitrogens with two attached hydrogens (primary N) is 1. The van der Waals surface area contributed by atoms with Crippen LogP contribution in [0.25, 0.3) is 0 Å². The second kappa shape index (κ2) is 26.4. The number of rotatable bonds is 26. The fourth-order valence-corrected chi connectivity index (χ4v) is 11.7. The lowest BCUT2D eigenvalue weighted by atomic mass is 9.82. The molecule has 25 nitrogen and oxygen atoms in total. The van der Waals surface area contributed by atoms with Crippen molar-refractivity contribution in [3.05, 3.63) is 88.7 Å². The van der Waals surface area contributed by atoms with Crippen LogP contribution in [0.5, 0.6) is 0 Å². The lowest BCUT2D eigenvalue weighted by molar-refractivity contribution is -0.398. The smallest absolute Gasteiger partial charge is 0.278 e. The molecule has 2 aliphatic rings. The molecule has 81 heavy (non-hydrogen) atoms. The Hall–Kier alpha value is -7.46. The molecule has 1 saturated heterocycles. The highest BCUT2D eigenvalue weighted by Gasteiger charge is 2.40. The number of benzene rings is 3. The molecule has 5 amide bonds. The summed E-state index contributed by atoms with van der Waals surface area (Å²) in [4.78, 5) is 107. The Morgan fingerprint density at radius 3 is 2.11 bits per heavy atom. The van der Waals surface area contributed by atoms with Crippen LogP contribution in [0.15, 0.2) is 70.6 Å². The first kappa shape index (κ1) is 62.7. The monoisotopic (exact) mass is 1160 g/mol. The highest BCUT2D eigenvalue weighted by Crippen LogP contribution is 2.40. The third-order valence-electron chi connectivity index (χ3n) is 14.3. The van der Waals surface area contributed by atoms with Gasteiger partial charge in [-0.3, -0.25) is 38.4 Å². The largest absolute Gasteiger partial charge is 0.744 e. The second-order valence-corrected chi connectivity index (χ2v) is 24.7. The van der Waals surface area contributed by atoms with E-state index in [2.05, 4.69) is 42.6 Å². The number of likely N-dealkylation sites (tertiary alicyclic amines) is 1. The SMILES string of the molecule is CC([NH3+])C(=O)NC(C)C(=O)N1CCCC1C(=O)NC(C(=O)NC(C)C(=O)CC(C(=O)NCC(O)Cn1nncc1CCCCS(=O)(=O)c1cccc(Nc2cc(S(=O)(=O)[O-])c(N)c3c2C(=O)c2ccccc2C3=O)c1)C(C)C)C(C)C. The zero-order chi connectivity index (χ0) is 59.8. The number of quaternary nitrogens is 1. The van der Waals surface area contributed by atoms with Crippen LogP contribution in [-0.2, 0) is 61.7 Å². The molecule has 1 aromatic heterocycles. The van der Waals surface area contributed by atoms with Crippen molar-refractivity contribution >= 4 is 83.9 Å². The standard InChI is InChI=1S/C54H71N11O14S2/c1-28(2)39(23-42(67)31(6)59-53(73)47(29(3)4)62-52(72)41-19-13-20-64(41)54(74)32(7)60-50(70)30(5)55)51(71)57-26-35(66)27-65-34(25-58-63-65)15-10-11-21-80(75,76)36-16-12-14-33(22-36)61-40-24-43(81(77,78)79)46(56)45-44(40)48(68)37-17-8-9-18-38(37)49(45)69/h8-9,12,14,16-18,22,24-25,28-32,35,39,41,47,61,66H,10-11,13,15,19-21,23,26-27,55-56H2,1-7H3,(H,57,71)(H,59,73)(H,60,70)(H,62,72)(H,77,78,79). The number of aryl methyl sites for hydroxylation is 1. The van der Waals surface area contributed by atoms with Crippen molar-refractivity contribution < 1.29 is 70.6 Å². The summed E-state index contributed by atoms with van der Waals surface area (Å²) < 4.78 is 65.5. The first-order valence-electron chi connectivity index (χ1n) is 26.6. The lowest BCUT2D eigenvalue weighted by Crippen LogP contribution is -2.67. The number of carbonyl (C=O) groups is 8. The van der Waals surface area contributed by atoms with Gasteiger partial charge in [0, 0.05) is 42.2 Å². The minimum Gasteiger partial charge on any atom is -0.744 e. The summed E-state index contributed by atoms with van der Waals surface area (Å²) in [7, 11) is -9.20. The number of aromatic nitrogens is 3. The molecule has 4 aromatic rings. The minimum absolute atomic E-state index is 0.0280. The molecule has 2 heterocycles. The maximum Gasteiger partial charge on any atom is 0.278 e. The van der Waals surface area contributed by atoms with E-state index < -0.39 is 131 Å². The molecule has 3 aromatic carbocycles. The number of fused-ring (bicyclic) bond motifs is 2. The first-order valence-corrected chi connectivity index (χ1v) is 29.7. The van der Waals surface area contributed by atoms with E-state index in [1.165, 1.54) is 72.1 Å². The molecule has 1 aliphatic carbocycles. The Labute approximate surface area is 469 Å². The number of hydrogen-bond acceptors (Lipinski definition) is 18. The molecular weight excluding hydrogens is 1090 g/mol. The number of anilines is 3. The Balaban J connectivity index is 0.982. The van der Waals surface area contributed by atoms with Gasteiger partial charge in [0.2, 0.25) is 23.6 Å². The molecule has 0 spiro atoms. The fraction of sp³-hybridized carbons (Fsp3) is 0.481. The van der Waals surface area contributed by atoms with Gasteiger partial charge in [-0.15, -0.1) is 5.10 Å². The van der Waals surface area contributed by atoms with Crippen molar-refractivity contribution in [2.45, 2.75) is 140 Å². The van der Waals surface area contributed by atoms with Gasteiger partial charge in [0.1, 0.15) is 28.2 Å². The number of nitrogens with one attached hydrogen (secondary N) is 5. The van der Waals surface area contributed by atoms with Gasteiger partial charge in [0.15, 0.2) is 33.2 Å². The summed E-state index contributed by atoms with van der Waals surface area (Å²) in [6.07, 6.45) is 1.76. The van der Waals surface area contributed by atoms with Crippen molar-refractivity contribution in [2.24, 2.45) is 17.8 Å². The fourth-order valence-electron chi connectivity index (χ4n) is 9.64. The summed E-state index contributed by atoms with van der Waals surface area (Å²) >= 11 is 0. The summed E-state index contributed by atoms with van der Waals surface area (Å²) in [5.41, 5.74) is 8.70. The quantitative estimate of drug-likeness (QED) is 0.0213. The second-order valence-electron chi connectivity index (χ2n) is 21.3. The van der Waals surface area contributed by atoms with Gasteiger partial charge in [0.25, 0.3) is 5.91 Å². The van der Waals surface area contributed by atoms with Gasteiger partial charge in [-0.25, -0.2) is 21.5 Å². The molecule has 0 saturated carbocycles. The van der Waals surface area contributed by atoms with Crippen LogP contribution in [0.1, 0.15) is 118 Å². The lowest BCUT2D eigenvalue weighted by Gasteiger charge is -2.30. The Morgan fingerprint density at radius 2 is 1.48 bits per heavy atom. The van der Waals surface area contributed by atoms with Crippen LogP contribution in [0.3, 0.4) is 0 Å². The van der Waals surface area contributed by atoms with Gasteiger partial charge < -0.3 is 52.6 Å². The van der Waals surface area contributed by atoms with Gasteiger partial charge in [-0.05, 0) is 89.0 Å². The zero-order valence-corrected chi connectivity index (χ0v) is 47.8. The van der Waals surface area contributed by atoms with E-state index in [0.29, 0.717) is 31.4 Å². The van der Waals surface area contributed by atoms with E-state index in [4.69, 9.17) is 5.73 Å². The number of aliphatic hydroxyl groups is 1. The third kappa shape index (κ3) is 15.1. The van der Waals surface area contributed by atoms with E-state index in [1.807, 2.05) is 0 Å². The Morgan fingerprint density at radius 1 is 0.827 bits per heavy atom. The van der Waals surface area contributed by atoms with Crippen LogP contribution in [0.4, 0.5) is 17.1 Å². The highest BCUT2D eigenvalue weighted by molar-refractivity contribution is 7.91. The van der Waals surface area contributed by atoms with E-state index in [-0.39, 0.29) is 77.1 Å². The minimum atomic E-state index is -5.25. The molecule has 0 radical (unpaired) electrons. The molecule has 27 heteroatoms. The number of Topliss-reactive ketones (excluding diaryl/α,β-unsaturated/α-hetero) is 1. The highest BCUT2D eigenvalue weighted by atomic mass is 32.2. The third-order valence-corrected chi connectivity index (χ3v) is 17.0. The average molecular weight is 1160 g/mol. The van der Waals surface area contributed by atoms with Gasteiger partial charge >= 0.3 is 0 Å². The molecule has 11 N–H and O–H groups in total. The average Bonchev–Trinajstić information content (AvgIpc) is 4.25. The number of aliphatic hydroxyl groups excluding tert-OH is 1. The summed E-state index contributed by atoms with van der Waals surface area (Å²) in [6.45, 7) is 11.5. The number of ketones is 3. The van der Waals surface area contributed by atoms with Crippen molar-refractivity contribution in [1.82, 2.24) is 41.2 Å². The van der Waals surface area contributed by atoms with Crippen molar-refractivity contribution in [1.29, 1.82) is 0 Å². The molecule has 1 aliphatic heterocycles. The van der Waals surface area contributed by atoms with Crippen molar-refractivity contribution in [3.63, 3.8) is 0 Å². The Bertz CT molecular complexity index is 3310. The molecule has 7 unspecified atom stereocenters. The predicted molar refractivity (Wildman–Crippen MR) is 293 cm³/mol. The van der Waals surface area contributed by atoms with Crippen LogP contribution in [0, 0.1) is 17.8 Å². The van der Waals surface area contributed by atoms with Gasteiger partial charge in [-0.2, -0.15) is 0 Å². The predicted octanol–water partition coefficient (Wildman–Crippen LogP) is 0.560. The number of amides is 5. The molecule has 0 bridgehead atoms. The van der Waals surface area contributed by atoms with Crippen LogP contribution in [-0.4, -0.2) is 148 Å². The molecular formula is C54H71N11O14S2. The number of unbranched alkanes of at least 4 members (excludes halogenated alkanes) is 1. The van der Waals surface area contributed by atoms with Crippen LogP contribution < -0.4 is 38.1 Å². The van der Waals surface area contributed by atoms with E-state index >= 15 is 0 Å². The topological polar surface area (TPSA) is 396 Å². The van der Waals surface area contributed by atoms with Crippen LogP contribution >= 0.6 is 0 Å². The Kier molecular flexibility index (Phi) is 20.5. The number of hydrogen-bond donors (Lipinski definition) is 8. The van der Waals surface area contributed by atoms with Crippen molar-refractivity contribution in [2.75, 3.05) is 29.9 Å². The van der Waals surface area contributed by atoms with Crippen molar-refractivity contribution in [3.8, 4) is 0 Å².